The molecule has 0 spiro atoms. The fourth-order valence-electron chi connectivity index (χ4n) is 2.58. The summed E-state index contributed by atoms with van der Waals surface area (Å²) in [6, 6.07) is 0.0647. The monoisotopic (exact) mass is 239 g/mol. The zero-order valence-corrected chi connectivity index (χ0v) is 10.9. The lowest BCUT2D eigenvalue weighted by Gasteiger charge is -2.31. The Morgan fingerprint density at radius 1 is 1.41 bits per heavy atom. The molecule has 0 N–H and O–H groups in total. The van der Waals surface area contributed by atoms with Crippen LogP contribution < -0.4 is 0 Å². The topological polar surface area (TPSA) is 46.6 Å². The van der Waals surface area contributed by atoms with E-state index >= 15 is 0 Å². The molecule has 2 aliphatic rings. The molecule has 1 heterocycles. The molecule has 17 heavy (non-hydrogen) atoms. The summed E-state index contributed by atoms with van der Waals surface area (Å²) in [5, 5.41) is 0. The van der Waals surface area contributed by atoms with Crippen LogP contribution in [0.2, 0.25) is 0 Å². The summed E-state index contributed by atoms with van der Waals surface area (Å²) in [7, 11) is 0. The van der Waals surface area contributed by atoms with Crippen molar-refractivity contribution in [2.75, 3.05) is 6.54 Å². The van der Waals surface area contributed by atoms with E-state index in [9.17, 15) is 9.59 Å². The molecular weight excluding hydrogens is 218 g/mol. The highest BCUT2D eigenvalue weighted by Gasteiger charge is 2.54. The van der Waals surface area contributed by atoms with Gasteiger partial charge in [-0.2, -0.15) is 0 Å². The summed E-state index contributed by atoms with van der Waals surface area (Å²) in [5.74, 6) is 0. The van der Waals surface area contributed by atoms with Crippen molar-refractivity contribution in [3.8, 4) is 0 Å². The molecule has 0 aromatic heterocycles. The molecule has 0 bridgehead atoms. The van der Waals surface area contributed by atoms with E-state index in [0.717, 1.165) is 38.5 Å². The largest absolute Gasteiger partial charge is 0.444 e. The number of ether oxygens (including phenoxy) is 1. The Hall–Kier alpha value is -1.06. The third-order valence-corrected chi connectivity index (χ3v) is 3.61. The highest BCUT2D eigenvalue weighted by molar-refractivity contribution is 5.72. The number of carbonyl (C=O) groups excluding carboxylic acids is 2. The number of likely N-dealkylation sites (tertiary alicyclic amines) is 1. The van der Waals surface area contributed by atoms with Crippen molar-refractivity contribution in [2.45, 2.75) is 58.1 Å². The highest BCUT2D eigenvalue weighted by Crippen LogP contribution is 2.51. The van der Waals surface area contributed by atoms with Gasteiger partial charge in [-0.1, -0.05) is 0 Å². The Balaban J connectivity index is 2.05. The minimum Gasteiger partial charge on any atom is -0.444 e. The molecule has 96 valence electrons. The minimum atomic E-state index is -0.470. The number of aldehydes is 1. The molecule has 0 aromatic rings. The minimum absolute atomic E-state index is 0.0647. The summed E-state index contributed by atoms with van der Waals surface area (Å²) in [6.07, 6.45) is 4.51. The quantitative estimate of drug-likeness (QED) is 0.695. The third kappa shape index (κ3) is 2.45. The molecule has 2 fully saturated rings. The predicted octanol–water partition coefficient (Wildman–Crippen LogP) is 2.37. The molecule has 0 unspecified atom stereocenters. The average molecular weight is 239 g/mol. The lowest BCUT2D eigenvalue weighted by atomic mass is 9.96. The molecule has 4 nitrogen and oxygen atoms in total. The lowest BCUT2D eigenvalue weighted by molar-refractivity contribution is -0.114. The first-order valence-corrected chi connectivity index (χ1v) is 6.34. The van der Waals surface area contributed by atoms with E-state index in [-0.39, 0.29) is 17.6 Å². The molecular formula is C13H21NO3. The Labute approximate surface area is 102 Å². The van der Waals surface area contributed by atoms with E-state index in [1.165, 1.54) is 0 Å². The number of hydrogen-bond donors (Lipinski definition) is 0. The maximum Gasteiger partial charge on any atom is 0.410 e. The van der Waals surface area contributed by atoms with Crippen LogP contribution >= 0.6 is 0 Å². The normalized spacial score (nSPS) is 26.8. The van der Waals surface area contributed by atoms with Gasteiger partial charge in [0.2, 0.25) is 0 Å². The fraction of sp³-hybridized carbons (Fsp3) is 0.846. The van der Waals surface area contributed by atoms with Gasteiger partial charge >= 0.3 is 6.09 Å². The first-order chi connectivity index (χ1) is 7.88. The van der Waals surface area contributed by atoms with Crippen molar-refractivity contribution in [1.82, 2.24) is 4.90 Å². The smallest absolute Gasteiger partial charge is 0.410 e. The molecule has 1 saturated heterocycles. The van der Waals surface area contributed by atoms with Crippen LogP contribution in [-0.4, -0.2) is 35.5 Å². The number of amides is 1. The maximum atomic E-state index is 12.0. The van der Waals surface area contributed by atoms with Crippen molar-refractivity contribution in [3.63, 3.8) is 0 Å². The third-order valence-electron chi connectivity index (χ3n) is 3.61. The van der Waals surface area contributed by atoms with E-state index in [0.29, 0.717) is 0 Å². The summed E-state index contributed by atoms with van der Waals surface area (Å²) in [5.41, 5.74) is -0.727. The van der Waals surface area contributed by atoms with E-state index in [1.54, 1.807) is 4.90 Å². The van der Waals surface area contributed by atoms with Gasteiger partial charge in [-0.05, 0) is 46.5 Å². The Morgan fingerprint density at radius 3 is 2.53 bits per heavy atom. The molecule has 1 aliphatic heterocycles. The number of nitrogens with zero attached hydrogens (tertiary/aromatic N) is 1. The maximum absolute atomic E-state index is 12.0. The van der Waals surface area contributed by atoms with Gasteiger partial charge in [0.15, 0.2) is 0 Å². The van der Waals surface area contributed by atoms with Gasteiger partial charge in [-0.15, -0.1) is 0 Å². The molecule has 1 aliphatic carbocycles. The van der Waals surface area contributed by atoms with E-state index in [4.69, 9.17) is 4.74 Å². The predicted molar refractivity (Wildman–Crippen MR) is 63.7 cm³/mol. The van der Waals surface area contributed by atoms with Crippen LogP contribution in [0.5, 0.6) is 0 Å². The first kappa shape index (κ1) is 12.4. The first-order valence-electron chi connectivity index (χ1n) is 6.34. The van der Waals surface area contributed by atoms with Crippen molar-refractivity contribution in [1.29, 1.82) is 0 Å². The van der Waals surface area contributed by atoms with Crippen molar-refractivity contribution in [3.05, 3.63) is 0 Å². The molecule has 0 radical (unpaired) electrons. The number of hydrogen-bond acceptors (Lipinski definition) is 3. The molecule has 1 atom stereocenters. The van der Waals surface area contributed by atoms with Crippen molar-refractivity contribution < 1.29 is 14.3 Å². The van der Waals surface area contributed by atoms with Crippen LogP contribution in [0.4, 0.5) is 4.79 Å². The number of rotatable bonds is 2. The summed E-state index contributed by atoms with van der Waals surface area (Å²) < 4.78 is 5.39. The van der Waals surface area contributed by atoms with Crippen LogP contribution in [0.3, 0.4) is 0 Å². The van der Waals surface area contributed by atoms with Crippen LogP contribution in [0, 0.1) is 5.41 Å². The molecule has 0 aromatic carbocycles. The molecule has 2 rings (SSSR count). The average Bonchev–Trinajstić information content (AvgIpc) is 2.85. The SMILES string of the molecule is CC(C)(C)OC(=O)N1CCC[C@@H]1C1(C=O)CC1. The van der Waals surface area contributed by atoms with Gasteiger partial charge in [-0.25, -0.2) is 4.79 Å². The van der Waals surface area contributed by atoms with Gasteiger partial charge in [0.05, 0.1) is 0 Å². The van der Waals surface area contributed by atoms with E-state index in [1.807, 2.05) is 20.8 Å². The van der Waals surface area contributed by atoms with E-state index in [2.05, 4.69) is 0 Å². The second-order valence-corrected chi connectivity index (χ2v) is 6.18. The van der Waals surface area contributed by atoms with Gasteiger partial charge in [0, 0.05) is 18.0 Å². The second kappa shape index (κ2) is 4.00. The number of carbonyl (C=O) groups is 2. The summed E-state index contributed by atoms with van der Waals surface area (Å²) in [6.45, 7) is 6.31. The highest BCUT2D eigenvalue weighted by atomic mass is 16.6. The lowest BCUT2D eigenvalue weighted by Crippen LogP contribution is -2.44. The van der Waals surface area contributed by atoms with Crippen LogP contribution in [-0.2, 0) is 9.53 Å². The van der Waals surface area contributed by atoms with Crippen LogP contribution in [0.15, 0.2) is 0 Å². The zero-order valence-electron chi connectivity index (χ0n) is 10.9. The summed E-state index contributed by atoms with van der Waals surface area (Å²) in [4.78, 5) is 25.0. The fourth-order valence-corrected chi connectivity index (χ4v) is 2.58. The van der Waals surface area contributed by atoms with Gasteiger partial charge in [0.1, 0.15) is 11.9 Å². The molecule has 4 heteroatoms. The van der Waals surface area contributed by atoms with E-state index < -0.39 is 5.60 Å². The molecule has 1 saturated carbocycles. The van der Waals surface area contributed by atoms with Gasteiger partial charge in [-0.3, -0.25) is 0 Å². The second-order valence-electron chi connectivity index (χ2n) is 6.18. The molecule has 1 amide bonds. The Kier molecular flexibility index (Phi) is 2.92. The Morgan fingerprint density at radius 2 is 2.06 bits per heavy atom. The van der Waals surface area contributed by atoms with Crippen LogP contribution in [0.25, 0.3) is 0 Å². The standard InChI is InChI=1S/C13H21NO3/c1-12(2,3)17-11(16)14-8-4-5-10(14)13(9-15)6-7-13/h9-10H,4-8H2,1-3H3/t10-/m1/s1. The van der Waals surface area contributed by atoms with Crippen LogP contribution in [0.1, 0.15) is 46.5 Å². The van der Waals surface area contributed by atoms with Gasteiger partial charge < -0.3 is 14.4 Å². The zero-order chi connectivity index (χ0) is 12.7. The van der Waals surface area contributed by atoms with Crippen molar-refractivity contribution in [2.24, 2.45) is 5.41 Å². The summed E-state index contributed by atoms with van der Waals surface area (Å²) >= 11 is 0. The Bertz CT molecular complexity index is 328. The van der Waals surface area contributed by atoms with Crippen molar-refractivity contribution >= 4 is 12.4 Å². The van der Waals surface area contributed by atoms with Gasteiger partial charge in [0.25, 0.3) is 0 Å².